The fraction of sp³-hybridized carbons (Fsp3) is 0.643. The summed E-state index contributed by atoms with van der Waals surface area (Å²) in [6.07, 6.45) is 8.46. The molecule has 36 heavy (non-hydrogen) atoms. The van der Waals surface area contributed by atoms with E-state index < -0.39 is 29.6 Å². The van der Waals surface area contributed by atoms with Crippen molar-refractivity contribution in [1.82, 2.24) is 20.9 Å². The van der Waals surface area contributed by atoms with Crippen LogP contribution in [0.2, 0.25) is 0 Å². The number of hydrogen-bond acceptors (Lipinski definition) is 4. The van der Waals surface area contributed by atoms with Crippen molar-refractivity contribution in [3.8, 4) is 0 Å². The Hall–Kier alpha value is -2.90. The van der Waals surface area contributed by atoms with Gasteiger partial charge < -0.3 is 20.9 Å². The first-order chi connectivity index (χ1) is 17.2. The molecule has 1 aromatic carbocycles. The number of carbonyl (C=O) groups excluding carboxylic acids is 4. The van der Waals surface area contributed by atoms with Crippen LogP contribution in [0.25, 0.3) is 0 Å². The van der Waals surface area contributed by atoms with Crippen LogP contribution in [0.4, 0.5) is 0 Å². The van der Waals surface area contributed by atoms with Gasteiger partial charge in [-0.3, -0.25) is 19.2 Å². The van der Waals surface area contributed by atoms with E-state index in [2.05, 4.69) is 22.9 Å². The normalized spacial score (nSPS) is 24.8. The predicted octanol–water partition coefficient (Wildman–Crippen LogP) is 2.85. The van der Waals surface area contributed by atoms with E-state index in [1.54, 1.807) is 18.7 Å². The van der Waals surface area contributed by atoms with Gasteiger partial charge in [0, 0.05) is 13.0 Å². The van der Waals surface area contributed by atoms with Gasteiger partial charge in [0.1, 0.15) is 23.7 Å². The quantitative estimate of drug-likeness (QED) is 0.455. The Kier molecular flexibility index (Phi) is 9.90. The average molecular weight is 499 g/mol. The van der Waals surface area contributed by atoms with Gasteiger partial charge in [-0.25, -0.2) is 0 Å². The highest BCUT2D eigenvalue weighted by molar-refractivity contribution is 5.99. The third-order valence-electron chi connectivity index (χ3n) is 7.21. The molecule has 0 spiro atoms. The number of nitrogens with zero attached hydrogens (tertiary/aromatic N) is 1. The molecule has 3 rings (SSSR count). The first kappa shape index (κ1) is 27.7. The number of fused-ring (bicyclic) bond motifs is 1. The molecule has 2 aliphatic heterocycles. The van der Waals surface area contributed by atoms with Crippen LogP contribution < -0.4 is 16.0 Å². The lowest BCUT2D eigenvalue weighted by molar-refractivity contribution is -0.144. The third-order valence-corrected chi connectivity index (χ3v) is 7.21. The highest BCUT2D eigenvalue weighted by atomic mass is 16.2. The molecule has 0 unspecified atom stereocenters. The molecule has 8 nitrogen and oxygen atoms in total. The molecular formula is C28H42N4O4. The second-order valence-corrected chi connectivity index (χ2v) is 10.6. The largest absolute Gasteiger partial charge is 0.343 e. The number of unbranched alkanes of at least 4 members (excludes halogenated alkanes) is 5. The summed E-state index contributed by atoms with van der Waals surface area (Å²) in [5, 5.41) is 8.62. The first-order valence-corrected chi connectivity index (χ1v) is 13.5. The zero-order valence-electron chi connectivity index (χ0n) is 22.0. The SMILES string of the molecule is CCCCCCCC[C@@H]1NC(=O)[C@H]2CCCN2C(=O)[C@H](Cc2ccccc2)NC(=O)C(C)(C)NC1=O. The van der Waals surface area contributed by atoms with Crippen LogP contribution in [-0.4, -0.2) is 58.7 Å². The smallest absolute Gasteiger partial charge is 0.246 e. The minimum atomic E-state index is -1.25. The molecule has 0 bridgehead atoms. The number of hydrogen-bond donors (Lipinski definition) is 3. The summed E-state index contributed by atoms with van der Waals surface area (Å²) in [6, 6.07) is 7.27. The van der Waals surface area contributed by atoms with E-state index in [4.69, 9.17) is 0 Å². The molecular weight excluding hydrogens is 456 g/mol. The van der Waals surface area contributed by atoms with E-state index in [0.29, 0.717) is 32.2 Å². The molecule has 2 aliphatic rings. The molecule has 3 atom stereocenters. The van der Waals surface area contributed by atoms with Gasteiger partial charge in [0.25, 0.3) is 0 Å². The fourth-order valence-electron chi connectivity index (χ4n) is 5.01. The minimum absolute atomic E-state index is 0.264. The second-order valence-electron chi connectivity index (χ2n) is 10.6. The lowest BCUT2D eigenvalue weighted by Crippen LogP contribution is -2.64. The lowest BCUT2D eigenvalue weighted by Gasteiger charge is -2.34. The molecule has 198 valence electrons. The molecule has 4 amide bonds. The third kappa shape index (κ3) is 7.31. The molecule has 0 saturated carbocycles. The topological polar surface area (TPSA) is 108 Å². The van der Waals surface area contributed by atoms with Gasteiger partial charge in [-0.1, -0.05) is 75.8 Å². The van der Waals surface area contributed by atoms with Gasteiger partial charge in [-0.2, -0.15) is 0 Å². The van der Waals surface area contributed by atoms with Crippen molar-refractivity contribution >= 4 is 23.6 Å². The van der Waals surface area contributed by atoms with Gasteiger partial charge in [0.05, 0.1) is 0 Å². The summed E-state index contributed by atoms with van der Waals surface area (Å²) in [4.78, 5) is 55.1. The molecule has 2 fully saturated rings. The monoisotopic (exact) mass is 498 g/mol. The van der Waals surface area contributed by atoms with E-state index in [-0.39, 0.29) is 17.7 Å². The Morgan fingerprint density at radius 1 is 0.889 bits per heavy atom. The summed E-state index contributed by atoms with van der Waals surface area (Å²) in [7, 11) is 0. The maximum Gasteiger partial charge on any atom is 0.246 e. The summed E-state index contributed by atoms with van der Waals surface area (Å²) >= 11 is 0. The van der Waals surface area contributed by atoms with Crippen LogP contribution in [0.3, 0.4) is 0 Å². The Morgan fingerprint density at radius 3 is 2.31 bits per heavy atom. The van der Waals surface area contributed by atoms with E-state index in [9.17, 15) is 19.2 Å². The summed E-state index contributed by atoms with van der Waals surface area (Å²) in [6.45, 7) is 5.87. The molecule has 1 aromatic rings. The van der Waals surface area contributed by atoms with E-state index in [1.807, 2.05) is 30.3 Å². The van der Waals surface area contributed by atoms with Crippen molar-refractivity contribution in [1.29, 1.82) is 0 Å². The summed E-state index contributed by atoms with van der Waals surface area (Å²) < 4.78 is 0. The van der Waals surface area contributed by atoms with Gasteiger partial charge in [0.2, 0.25) is 23.6 Å². The zero-order valence-corrected chi connectivity index (χ0v) is 22.0. The Morgan fingerprint density at radius 2 is 1.58 bits per heavy atom. The number of nitrogens with one attached hydrogen (secondary N) is 3. The number of amides is 4. The Balaban J connectivity index is 1.81. The van der Waals surface area contributed by atoms with E-state index in [1.165, 1.54) is 12.8 Å². The van der Waals surface area contributed by atoms with E-state index >= 15 is 0 Å². The molecule has 3 N–H and O–H groups in total. The lowest BCUT2D eigenvalue weighted by atomic mass is 9.98. The Labute approximate surface area is 215 Å². The van der Waals surface area contributed by atoms with Crippen molar-refractivity contribution in [2.45, 2.75) is 109 Å². The fourth-order valence-corrected chi connectivity index (χ4v) is 5.01. The molecule has 2 heterocycles. The van der Waals surface area contributed by atoms with Crippen molar-refractivity contribution in [2.75, 3.05) is 6.54 Å². The van der Waals surface area contributed by atoms with Gasteiger partial charge >= 0.3 is 0 Å². The molecule has 8 heteroatoms. The summed E-state index contributed by atoms with van der Waals surface area (Å²) in [5.41, 5.74) is -0.343. The number of benzene rings is 1. The van der Waals surface area contributed by atoms with Crippen LogP contribution in [0.1, 0.15) is 84.1 Å². The highest BCUT2D eigenvalue weighted by Crippen LogP contribution is 2.21. The minimum Gasteiger partial charge on any atom is -0.343 e. The van der Waals surface area contributed by atoms with Gasteiger partial charge in [-0.15, -0.1) is 0 Å². The Bertz CT molecular complexity index is 917. The summed E-state index contributed by atoms with van der Waals surface area (Å²) in [5.74, 6) is -1.35. The maximum atomic E-state index is 13.6. The molecule has 0 radical (unpaired) electrons. The van der Waals surface area contributed by atoms with Crippen LogP contribution in [0.5, 0.6) is 0 Å². The average Bonchev–Trinajstić information content (AvgIpc) is 3.34. The van der Waals surface area contributed by atoms with Crippen LogP contribution in [-0.2, 0) is 25.6 Å². The van der Waals surface area contributed by atoms with Crippen molar-refractivity contribution in [2.24, 2.45) is 0 Å². The number of carbonyl (C=O) groups is 4. The zero-order chi connectivity index (χ0) is 26.1. The maximum absolute atomic E-state index is 13.6. The van der Waals surface area contributed by atoms with E-state index in [0.717, 1.165) is 31.2 Å². The van der Waals surface area contributed by atoms with Crippen molar-refractivity contribution < 1.29 is 19.2 Å². The highest BCUT2D eigenvalue weighted by Gasteiger charge is 2.42. The van der Waals surface area contributed by atoms with Gasteiger partial charge in [-0.05, 0) is 38.7 Å². The molecule has 2 saturated heterocycles. The van der Waals surface area contributed by atoms with Gasteiger partial charge in [0.15, 0.2) is 0 Å². The molecule has 0 aromatic heterocycles. The van der Waals surface area contributed by atoms with Crippen LogP contribution in [0, 0.1) is 0 Å². The second kappa shape index (κ2) is 12.9. The van der Waals surface area contributed by atoms with Crippen LogP contribution in [0.15, 0.2) is 30.3 Å². The van der Waals surface area contributed by atoms with Crippen LogP contribution >= 0.6 is 0 Å². The predicted molar refractivity (Wildman–Crippen MR) is 139 cm³/mol. The number of rotatable bonds is 9. The standard InChI is InChI=1S/C28H42N4O4/c1-4-5-6-7-8-12-16-21-24(33)31-28(2,3)27(36)30-22(19-20-14-10-9-11-15-20)26(35)32-18-13-17-23(32)25(34)29-21/h9-11,14-15,21-23H,4-8,12-13,16-19H2,1-3H3,(H,29,34)(H,30,36)(H,31,33)/t21-,22-,23+/m0/s1. The molecule has 0 aliphatic carbocycles. The first-order valence-electron chi connectivity index (χ1n) is 13.5. The van der Waals surface area contributed by atoms with Crippen molar-refractivity contribution in [3.63, 3.8) is 0 Å². The van der Waals surface area contributed by atoms with Crippen molar-refractivity contribution in [3.05, 3.63) is 35.9 Å².